The molecule has 5 nitrogen and oxygen atoms in total. The maximum atomic E-state index is 12.7. The average molecular weight is 310 g/mol. The summed E-state index contributed by atoms with van der Waals surface area (Å²) < 4.78 is 0. The summed E-state index contributed by atoms with van der Waals surface area (Å²) in [5.74, 6) is 1.63. The number of hydrogen-bond acceptors (Lipinski definition) is 5. The van der Waals surface area contributed by atoms with Crippen LogP contribution in [0.1, 0.15) is 43.3 Å². The van der Waals surface area contributed by atoms with E-state index in [1.165, 1.54) is 11.3 Å². The quantitative estimate of drug-likeness (QED) is 0.929. The zero-order chi connectivity index (χ0) is 15.6. The Morgan fingerprint density at radius 1 is 1.48 bits per heavy atom. The van der Waals surface area contributed by atoms with E-state index in [1.807, 2.05) is 11.9 Å². The maximum absolute atomic E-state index is 12.7. The third kappa shape index (κ3) is 3.48. The van der Waals surface area contributed by atoms with Gasteiger partial charge >= 0.3 is 0 Å². The van der Waals surface area contributed by atoms with E-state index in [-0.39, 0.29) is 5.91 Å². The summed E-state index contributed by atoms with van der Waals surface area (Å²) in [6, 6.07) is 0. The summed E-state index contributed by atoms with van der Waals surface area (Å²) in [5, 5.41) is 0.830. The number of thiazole rings is 1. The molecule has 0 radical (unpaired) electrons. The predicted octanol–water partition coefficient (Wildman–Crippen LogP) is 2.69. The zero-order valence-corrected chi connectivity index (χ0v) is 14.2. The van der Waals surface area contributed by atoms with Crippen molar-refractivity contribution in [3.63, 3.8) is 0 Å². The number of likely N-dealkylation sites (tertiary alicyclic amines) is 1. The fourth-order valence-electron chi connectivity index (χ4n) is 2.66. The Balaban J connectivity index is 2.12. The van der Waals surface area contributed by atoms with Crippen LogP contribution in [0.2, 0.25) is 0 Å². The molecule has 1 saturated heterocycles. The number of nitrogens with zero attached hydrogens (tertiary/aromatic N) is 3. The van der Waals surface area contributed by atoms with E-state index in [1.54, 1.807) is 0 Å². The predicted molar refractivity (Wildman–Crippen MR) is 88.9 cm³/mol. The van der Waals surface area contributed by atoms with Gasteiger partial charge < -0.3 is 15.5 Å². The first-order chi connectivity index (χ1) is 9.93. The Labute approximate surface area is 131 Å². The van der Waals surface area contributed by atoms with Crippen LogP contribution in [0.25, 0.3) is 0 Å². The van der Waals surface area contributed by atoms with Crippen LogP contribution in [-0.4, -0.2) is 42.5 Å². The van der Waals surface area contributed by atoms with E-state index < -0.39 is 0 Å². The molecule has 2 heterocycles. The third-order valence-electron chi connectivity index (χ3n) is 4.34. The van der Waals surface area contributed by atoms with Crippen molar-refractivity contribution in [1.82, 2.24) is 9.88 Å². The van der Waals surface area contributed by atoms with E-state index in [2.05, 4.69) is 30.7 Å². The molecule has 0 spiro atoms. The highest BCUT2D eigenvalue weighted by Crippen LogP contribution is 2.31. The molecule has 2 atom stereocenters. The fraction of sp³-hybridized carbons (Fsp3) is 0.733. The molecule has 1 amide bonds. The van der Waals surface area contributed by atoms with Gasteiger partial charge in [-0.15, -0.1) is 0 Å². The third-order valence-corrected chi connectivity index (χ3v) is 5.52. The van der Waals surface area contributed by atoms with Crippen LogP contribution in [-0.2, 0) is 0 Å². The van der Waals surface area contributed by atoms with Crippen molar-refractivity contribution in [3.05, 3.63) is 4.88 Å². The lowest BCUT2D eigenvalue weighted by Gasteiger charge is -2.35. The minimum absolute atomic E-state index is 0.0416. The van der Waals surface area contributed by atoms with Crippen LogP contribution in [0, 0.1) is 11.8 Å². The van der Waals surface area contributed by atoms with Gasteiger partial charge in [0.25, 0.3) is 5.91 Å². The molecule has 1 fully saturated rings. The van der Waals surface area contributed by atoms with Crippen molar-refractivity contribution in [3.8, 4) is 0 Å². The van der Waals surface area contributed by atoms with Gasteiger partial charge in [0.2, 0.25) is 0 Å². The molecule has 1 aromatic heterocycles. The van der Waals surface area contributed by atoms with Gasteiger partial charge in [-0.3, -0.25) is 4.79 Å². The number of carbonyl (C=O) groups excluding carboxylic acids is 1. The van der Waals surface area contributed by atoms with Crippen LogP contribution >= 0.6 is 11.3 Å². The number of rotatable bonds is 4. The van der Waals surface area contributed by atoms with Gasteiger partial charge in [-0.05, 0) is 24.7 Å². The Hall–Kier alpha value is -1.30. The van der Waals surface area contributed by atoms with Crippen molar-refractivity contribution in [1.29, 1.82) is 0 Å². The zero-order valence-electron chi connectivity index (χ0n) is 13.4. The first-order valence-electron chi connectivity index (χ1n) is 7.70. The summed E-state index contributed by atoms with van der Waals surface area (Å²) in [5.41, 5.74) is 5.97. The number of hydrogen-bond donors (Lipinski definition) is 1. The normalized spacial score (nSPS) is 22.4. The molecule has 1 aliphatic rings. The van der Waals surface area contributed by atoms with Crippen molar-refractivity contribution in [2.75, 3.05) is 37.3 Å². The second-order valence-corrected chi connectivity index (χ2v) is 7.10. The van der Waals surface area contributed by atoms with E-state index in [0.29, 0.717) is 22.5 Å². The molecule has 0 bridgehead atoms. The Morgan fingerprint density at radius 3 is 2.81 bits per heavy atom. The van der Waals surface area contributed by atoms with Crippen molar-refractivity contribution >= 4 is 28.2 Å². The van der Waals surface area contributed by atoms with Gasteiger partial charge in [-0.1, -0.05) is 32.1 Å². The summed E-state index contributed by atoms with van der Waals surface area (Å²) >= 11 is 1.41. The van der Waals surface area contributed by atoms with Gasteiger partial charge in [-0.2, -0.15) is 0 Å². The smallest absolute Gasteiger partial charge is 0.267 e. The molecule has 0 saturated carbocycles. The number of piperidine rings is 1. The van der Waals surface area contributed by atoms with Crippen LogP contribution in [0.5, 0.6) is 0 Å². The Kier molecular flexibility index (Phi) is 5.08. The summed E-state index contributed by atoms with van der Waals surface area (Å²) in [7, 11) is 1.99. The van der Waals surface area contributed by atoms with Crippen LogP contribution < -0.4 is 10.6 Å². The van der Waals surface area contributed by atoms with E-state index in [4.69, 9.17) is 5.73 Å². The van der Waals surface area contributed by atoms with Gasteiger partial charge in [0.15, 0.2) is 5.13 Å². The largest absolute Gasteiger partial charge is 0.382 e. The molecule has 1 aromatic rings. The first kappa shape index (κ1) is 16.1. The van der Waals surface area contributed by atoms with Gasteiger partial charge in [0.05, 0.1) is 0 Å². The lowest BCUT2D eigenvalue weighted by molar-refractivity contribution is 0.0633. The highest BCUT2D eigenvalue weighted by molar-refractivity contribution is 7.18. The number of carbonyl (C=O) groups is 1. The first-order valence-corrected chi connectivity index (χ1v) is 8.52. The lowest BCUT2D eigenvalue weighted by atomic mass is 9.88. The number of nitrogens with two attached hydrogens (primary N) is 1. The van der Waals surface area contributed by atoms with Crippen molar-refractivity contribution in [2.24, 2.45) is 11.8 Å². The highest BCUT2D eigenvalue weighted by Gasteiger charge is 2.29. The number of aromatic nitrogens is 1. The van der Waals surface area contributed by atoms with Gasteiger partial charge in [-0.25, -0.2) is 4.98 Å². The van der Waals surface area contributed by atoms with Crippen molar-refractivity contribution in [2.45, 2.75) is 33.6 Å². The van der Waals surface area contributed by atoms with Crippen LogP contribution in [0.15, 0.2) is 0 Å². The molecular formula is C15H26N4OS. The topological polar surface area (TPSA) is 62.5 Å². The molecular weight excluding hydrogens is 284 g/mol. The summed E-state index contributed by atoms with van der Waals surface area (Å²) in [4.78, 5) is 21.6. The molecule has 2 unspecified atom stereocenters. The number of amides is 1. The summed E-state index contributed by atoms with van der Waals surface area (Å²) in [6.45, 7) is 9.14. The molecule has 21 heavy (non-hydrogen) atoms. The Morgan fingerprint density at radius 2 is 2.19 bits per heavy atom. The molecule has 2 N–H and O–H groups in total. The monoisotopic (exact) mass is 310 g/mol. The number of nitrogen functional groups attached to an aromatic ring is 1. The molecule has 1 aliphatic heterocycles. The molecule has 118 valence electrons. The Bertz CT molecular complexity index is 502. The van der Waals surface area contributed by atoms with Gasteiger partial charge in [0.1, 0.15) is 10.7 Å². The standard InChI is InChI=1S/C15H26N4OS/c1-5-7-18(4)15-17-13(16)12(21-15)14(20)19-8-6-10(2)11(3)9-19/h10-11H,5-9,16H2,1-4H3. The lowest BCUT2D eigenvalue weighted by Crippen LogP contribution is -2.42. The fourth-order valence-corrected chi connectivity index (χ4v) is 3.60. The minimum Gasteiger partial charge on any atom is -0.382 e. The molecule has 6 heteroatoms. The second-order valence-electron chi connectivity index (χ2n) is 6.13. The highest BCUT2D eigenvalue weighted by atomic mass is 32.1. The van der Waals surface area contributed by atoms with Crippen LogP contribution in [0.4, 0.5) is 10.9 Å². The van der Waals surface area contributed by atoms with Crippen LogP contribution in [0.3, 0.4) is 0 Å². The SMILES string of the molecule is CCCN(C)c1nc(N)c(C(=O)N2CCC(C)C(C)C2)s1. The molecule has 0 aliphatic carbocycles. The second kappa shape index (κ2) is 6.64. The summed E-state index contributed by atoms with van der Waals surface area (Å²) in [6.07, 6.45) is 2.11. The van der Waals surface area contributed by atoms with Gasteiger partial charge in [0, 0.05) is 26.7 Å². The number of anilines is 2. The van der Waals surface area contributed by atoms with E-state index in [9.17, 15) is 4.79 Å². The van der Waals surface area contributed by atoms with E-state index in [0.717, 1.165) is 37.6 Å². The molecule has 2 rings (SSSR count). The maximum Gasteiger partial charge on any atom is 0.267 e. The average Bonchev–Trinajstić information content (AvgIpc) is 2.83. The van der Waals surface area contributed by atoms with Crippen molar-refractivity contribution < 1.29 is 4.79 Å². The minimum atomic E-state index is 0.0416. The molecule has 0 aromatic carbocycles. The van der Waals surface area contributed by atoms with E-state index >= 15 is 0 Å².